The van der Waals surface area contributed by atoms with Gasteiger partial charge in [0.25, 0.3) is 0 Å². The summed E-state index contributed by atoms with van der Waals surface area (Å²) in [6.45, 7) is 2.05. The summed E-state index contributed by atoms with van der Waals surface area (Å²) >= 11 is 1.47. The van der Waals surface area contributed by atoms with Crippen LogP contribution in [0.4, 0.5) is 5.13 Å². The van der Waals surface area contributed by atoms with E-state index in [4.69, 9.17) is 14.2 Å². The molecule has 4 aromatic rings. The number of hydrazone groups is 1. The van der Waals surface area contributed by atoms with Crippen molar-refractivity contribution in [1.82, 2.24) is 4.98 Å². The number of nitrogens with one attached hydrogen (secondary N) is 1. The lowest BCUT2D eigenvalue weighted by molar-refractivity contribution is 0.0726. The molecule has 7 nitrogen and oxygen atoms in total. The molecule has 0 spiro atoms. The van der Waals surface area contributed by atoms with E-state index in [1.165, 1.54) is 31.1 Å². The van der Waals surface area contributed by atoms with E-state index in [0.717, 1.165) is 16.8 Å². The third-order valence-corrected chi connectivity index (χ3v) is 5.69. The zero-order valence-corrected chi connectivity index (χ0v) is 19.8. The van der Waals surface area contributed by atoms with Crippen LogP contribution in [0, 0.1) is 6.92 Å². The molecule has 1 heterocycles. The van der Waals surface area contributed by atoms with Crippen LogP contribution in [0.15, 0.2) is 77.2 Å². The Kier molecular flexibility index (Phi) is 7.19. The molecule has 0 aliphatic carbocycles. The average molecular weight is 474 g/mol. The highest BCUT2D eigenvalue weighted by Gasteiger charge is 2.16. The van der Waals surface area contributed by atoms with E-state index >= 15 is 0 Å². The summed E-state index contributed by atoms with van der Waals surface area (Å²) in [6, 6.07) is 20.3. The number of para-hydroxylation sites is 1. The van der Waals surface area contributed by atoms with Gasteiger partial charge in [-0.2, -0.15) is 5.10 Å². The summed E-state index contributed by atoms with van der Waals surface area (Å²) in [5.74, 6) is 0.607. The van der Waals surface area contributed by atoms with Crippen LogP contribution in [-0.4, -0.2) is 31.4 Å². The summed E-state index contributed by atoms with van der Waals surface area (Å²) in [7, 11) is 3.01. The molecule has 0 radical (unpaired) electrons. The molecular weight excluding hydrogens is 450 g/mol. The van der Waals surface area contributed by atoms with Crippen molar-refractivity contribution in [3.8, 4) is 28.5 Å². The molecule has 0 aliphatic rings. The van der Waals surface area contributed by atoms with Crippen LogP contribution >= 0.6 is 11.3 Å². The first kappa shape index (κ1) is 23.0. The SMILES string of the molecule is COc1cc(C=NNc2nc(-c3ccc(C)cc3)cs2)ccc1OC(=O)c1ccccc1OC. The smallest absolute Gasteiger partial charge is 0.347 e. The van der Waals surface area contributed by atoms with Crippen molar-refractivity contribution in [2.45, 2.75) is 6.92 Å². The normalized spacial score (nSPS) is 10.8. The number of ether oxygens (including phenoxy) is 3. The average Bonchev–Trinajstić information content (AvgIpc) is 3.34. The predicted octanol–water partition coefficient (Wildman–Crippen LogP) is 5.80. The third-order valence-electron chi connectivity index (χ3n) is 4.94. The van der Waals surface area contributed by atoms with Crippen molar-refractivity contribution in [2.24, 2.45) is 5.10 Å². The number of rotatable bonds is 8. The van der Waals surface area contributed by atoms with Crippen molar-refractivity contribution in [1.29, 1.82) is 0 Å². The highest BCUT2D eigenvalue weighted by atomic mass is 32.1. The molecule has 0 amide bonds. The van der Waals surface area contributed by atoms with E-state index < -0.39 is 5.97 Å². The zero-order valence-electron chi connectivity index (χ0n) is 18.9. The van der Waals surface area contributed by atoms with Gasteiger partial charge in [-0.3, -0.25) is 5.43 Å². The Bertz CT molecular complexity index is 1320. The molecule has 0 fully saturated rings. The Morgan fingerprint density at radius 3 is 2.50 bits per heavy atom. The first-order valence-corrected chi connectivity index (χ1v) is 11.3. The number of aromatic nitrogens is 1. The maximum atomic E-state index is 12.6. The van der Waals surface area contributed by atoms with Gasteiger partial charge in [0.1, 0.15) is 11.3 Å². The Balaban J connectivity index is 1.42. The van der Waals surface area contributed by atoms with Gasteiger partial charge >= 0.3 is 5.97 Å². The van der Waals surface area contributed by atoms with Crippen molar-refractivity contribution in [3.63, 3.8) is 0 Å². The zero-order chi connectivity index (χ0) is 23.9. The molecule has 8 heteroatoms. The molecule has 3 aromatic carbocycles. The summed E-state index contributed by atoms with van der Waals surface area (Å²) in [5, 5.41) is 6.93. The summed E-state index contributed by atoms with van der Waals surface area (Å²) < 4.78 is 16.2. The summed E-state index contributed by atoms with van der Waals surface area (Å²) in [4.78, 5) is 17.2. The third kappa shape index (κ3) is 5.41. The lowest BCUT2D eigenvalue weighted by Gasteiger charge is -2.11. The second-order valence-electron chi connectivity index (χ2n) is 7.27. The van der Waals surface area contributed by atoms with Gasteiger partial charge in [-0.25, -0.2) is 9.78 Å². The molecule has 0 bridgehead atoms. The van der Waals surface area contributed by atoms with E-state index in [-0.39, 0.29) is 0 Å². The molecular formula is C26H23N3O4S. The van der Waals surface area contributed by atoms with Gasteiger partial charge in [0.15, 0.2) is 11.5 Å². The molecule has 172 valence electrons. The van der Waals surface area contributed by atoms with Crippen molar-refractivity contribution in [2.75, 3.05) is 19.6 Å². The summed E-state index contributed by atoms with van der Waals surface area (Å²) in [6.07, 6.45) is 1.64. The minimum Gasteiger partial charge on any atom is -0.496 e. The fourth-order valence-corrected chi connectivity index (χ4v) is 3.83. The van der Waals surface area contributed by atoms with Gasteiger partial charge in [0, 0.05) is 10.9 Å². The van der Waals surface area contributed by atoms with E-state index in [1.54, 1.807) is 48.7 Å². The van der Waals surface area contributed by atoms with Crippen LogP contribution in [0.2, 0.25) is 0 Å². The largest absolute Gasteiger partial charge is 0.496 e. The number of aryl methyl sites for hydroxylation is 1. The van der Waals surface area contributed by atoms with E-state index in [0.29, 0.717) is 27.9 Å². The maximum absolute atomic E-state index is 12.6. The second-order valence-corrected chi connectivity index (χ2v) is 8.13. The van der Waals surface area contributed by atoms with Gasteiger partial charge in [-0.15, -0.1) is 11.3 Å². The Hall–Kier alpha value is -4.17. The minimum atomic E-state index is -0.535. The fraction of sp³-hybridized carbons (Fsp3) is 0.115. The number of carbonyl (C=O) groups is 1. The Morgan fingerprint density at radius 1 is 0.971 bits per heavy atom. The number of benzene rings is 3. The first-order valence-electron chi connectivity index (χ1n) is 10.4. The van der Waals surface area contributed by atoms with Crippen LogP contribution in [-0.2, 0) is 0 Å². The molecule has 0 atom stereocenters. The van der Waals surface area contributed by atoms with E-state index in [9.17, 15) is 4.79 Å². The number of hydrogen-bond donors (Lipinski definition) is 1. The Labute approximate surface area is 201 Å². The monoisotopic (exact) mass is 473 g/mol. The number of hydrogen-bond acceptors (Lipinski definition) is 8. The van der Waals surface area contributed by atoms with Crippen LogP contribution in [0.5, 0.6) is 17.2 Å². The number of esters is 1. The highest BCUT2D eigenvalue weighted by Crippen LogP contribution is 2.30. The van der Waals surface area contributed by atoms with E-state index in [1.807, 2.05) is 17.5 Å². The predicted molar refractivity (Wildman–Crippen MR) is 134 cm³/mol. The topological polar surface area (TPSA) is 82.0 Å². The molecule has 1 aromatic heterocycles. The highest BCUT2D eigenvalue weighted by molar-refractivity contribution is 7.14. The molecule has 0 saturated heterocycles. The lowest BCUT2D eigenvalue weighted by atomic mass is 10.1. The first-order chi connectivity index (χ1) is 16.6. The molecule has 0 unspecified atom stereocenters. The number of methoxy groups -OCH3 is 2. The van der Waals surface area contributed by atoms with Crippen molar-refractivity contribution < 1.29 is 19.0 Å². The minimum absolute atomic E-state index is 0.297. The summed E-state index contributed by atoms with van der Waals surface area (Å²) in [5.41, 5.74) is 7.20. The molecule has 4 rings (SSSR count). The van der Waals surface area contributed by atoms with Crippen LogP contribution in [0.25, 0.3) is 11.3 Å². The number of nitrogens with zero attached hydrogens (tertiary/aromatic N) is 2. The van der Waals surface area contributed by atoms with Crippen LogP contribution < -0.4 is 19.6 Å². The maximum Gasteiger partial charge on any atom is 0.347 e. The molecule has 1 N–H and O–H groups in total. The van der Waals surface area contributed by atoms with Crippen molar-refractivity contribution >= 4 is 28.7 Å². The number of carbonyl (C=O) groups excluding carboxylic acids is 1. The van der Waals surface area contributed by atoms with Crippen LogP contribution in [0.1, 0.15) is 21.5 Å². The van der Waals surface area contributed by atoms with E-state index in [2.05, 4.69) is 34.6 Å². The second kappa shape index (κ2) is 10.6. The van der Waals surface area contributed by atoms with Crippen LogP contribution in [0.3, 0.4) is 0 Å². The van der Waals surface area contributed by atoms with Gasteiger partial charge in [0.05, 0.1) is 26.1 Å². The Morgan fingerprint density at radius 2 is 1.74 bits per heavy atom. The van der Waals surface area contributed by atoms with Gasteiger partial charge in [-0.05, 0) is 42.8 Å². The standard InChI is InChI=1S/C26H23N3O4S/c1-17-8-11-19(12-9-17)21-16-34-26(28-21)29-27-15-18-10-13-23(24(14-18)32-3)33-25(30)20-6-4-5-7-22(20)31-2/h4-16H,1-3H3,(H,28,29). The number of anilines is 1. The lowest BCUT2D eigenvalue weighted by Crippen LogP contribution is -2.10. The number of thiazole rings is 1. The van der Waals surface area contributed by atoms with Crippen molar-refractivity contribution in [3.05, 3.63) is 88.8 Å². The molecule has 0 aliphatic heterocycles. The fourth-order valence-electron chi connectivity index (χ4n) is 3.16. The van der Waals surface area contributed by atoms with Gasteiger partial charge < -0.3 is 14.2 Å². The molecule has 34 heavy (non-hydrogen) atoms. The van der Waals surface area contributed by atoms with Gasteiger partial charge in [0.2, 0.25) is 5.13 Å². The molecule has 0 saturated carbocycles. The van der Waals surface area contributed by atoms with Gasteiger partial charge in [-0.1, -0.05) is 42.0 Å². The quantitative estimate of drug-likeness (QED) is 0.151.